The first-order valence-electron chi connectivity index (χ1n) is 12.4. The van der Waals surface area contributed by atoms with E-state index in [2.05, 4.69) is 49.6 Å². The Morgan fingerprint density at radius 3 is 2.51 bits per heavy atom. The molecule has 7 heteroatoms. The first-order chi connectivity index (χ1) is 16.6. The van der Waals surface area contributed by atoms with E-state index in [-0.39, 0.29) is 11.1 Å². The molecule has 0 bridgehead atoms. The fourth-order valence-electron chi connectivity index (χ4n) is 4.79. The molecule has 0 spiro atoms. The van der Waals surface area contributed by atoms with Gasteiger partial charge >= 0.3 is 0 Å². The number of halogens is 2. The van der Waals surface area contributed by atoms with E-state index in [4.69, 9.17) is 0 Å². The fourth-order valence-corrected chi connectivity index (χ4v) is 4.79. The Kier molecular flexibility index (Phi) is 9.01. The zero-order valence-corrected chi connectivity index (χ0v) is 21.8. The molecule has 1 aliphatic rings. The maximum absolute atomic E-state index is 14.8. The van der Waals surface area contributed by atoms with E-state index in [9.17, 15) is 13.6 Å². The van der Waals surface area contributed by atoms with Gasteiger partial charge in [0.1, 0.15) is 11.6 Å². The summed E-state index contributed by atoms with van der Waals surface area (Å²) < 4.78 is 29.6. The van der Waals surface area contributed by atoms with Crippen molar-refractivity contribution in [2.24, 2.45) is 0 Å². The third kappa shape index (κ3) is 6.46. The van der Waals surface area contributed by atoms with Gasteiger partial charge in [0.25, 0.3) is 5.91 Å². The Hall–Kier alpha value is -2.80. The summed E-state index contributed by atoms with van der Waals surface area (Å²) in [5.74, 6) is -1.80. The third-order valence-electron chi connectivity index (χ3n) is 6.65. The van der Waals surface area contributed by atoms with Crippen LogP contribution in [0.4, 0.5) is 8.78 Å². The average Bonchev–Trinajstić information content (AvgIpc) is 2.80. The standard InChI is InChI=1S/C28H36BF2N3O/c1-7-11-29(4)24-8-12-32-20(3)23(24)15-19(2)18-34-13-9-21(10-14-34)27-25(30)16-22(17-26(27)31)28(35)33(5)6/h8-9,12,15-17H,7,10-11,13-14,18H2,1-6H3/b19-15+. The summed E-state index contributed by atoms with van der Waals surface area (Å²) >= 11 is 0. The maximum Gasteiger partial charge on any atom is 0.253 e. The second kappa shape index (κ2) is 11.8. The van der Waals surface area contributed by atoms with Gasteiger partial charge in [-0.2, -0.15) is 0 Å². The lowest BCUT2D eigenvalue weighted by Crippen LogP contribution is -2.31. The second-order valence-electron chi connectivity index (χ2n) is 9.81. The number of pyridine rings is 1. The molecule has 0 aliphatic carbocycles. The Balaban J connectivity index is 1.74. The lowest BCUT2D eigenvalue weighted by atomic mass is 9.43. The lowest BCUT2D eigenvalue weighted by molar-refractivity contribution is 0.0826. The van der Waals surface area contributed by atoms with Gasteiger partial charge in [-0.1, -0.05) is 49.7 Å². The van der Waals surface area contributed by atoms with E-state index in [1.807, 2.05) is 12.3 Å². The highest BCUT2D eigenvalue weighted by Crippen LogP contribution is 2.29. The largest absolute Gasteiger partial charge is 0.345 e. The van der Waals surface area contributed by atoms with E-state index >= 15 is 0 Å². The van der Waals surface area contributed by atoms with Crippen molar-refractivity contribution in [2.75, 3.05) is 33.7 Å². The number of nitrogens with zero attached hydrogens (tertiary/aromatic N) is 3. The smallest absolute Gasteiger partial charge is 0.253 e. The average molecular weight is 479 g/mol. The van der Waals surface area contributed by atoms with Gasteiger partial charge in [-0.25, -0.2) is 8.78 Å². The molecule has 0 radical (unpaired) electrons. The van der Waals surface area contributed by atoms with Crippen LogP contribution in [0.3, 0.4) is 0 Å². The van der Waals surface area contributed by atoms with Gasteiger partial charge < -0.3 is 4.90 Å². The Bertz CT molecular complexity index is 1120. The Morgan fingerprint density at radius 2 is 1.94 bits per heavy atom. The molecular formula is C28H36BF2N3O. The van der Waals surface area contributed by atoms with E-state index in [0.717, 1.165) is 37.1 Å². The number of carbonyl (C=O) groups is 1. The van der Waals surface area contributed by atoms with Crippen molar-refractivity contribution < 1.29 is 13.6 Å². The summed E-state index contributed by atoms with van der Waals surface area (Å²) in [4.78, 5) is 20.2. The molecule has 1 amide bonds. The van der Waals surface area contributed by atoms with Crippen LogP contribution in [0.1, 0.15) is 53.9 Å². The predicted octanol–water partition coefficient (Wildman–Crippen LogP) is 5.30. The van der Waals surface area contributed by atoms with Gasteiger partial charge in [-0.15, -0.1) is 0 Å². The lowest BCUT2D eigenvalue weighted by Gasteiger charge is -2.27. The topological polar surface area (TPSA) is 36.4 Å². The van der Waals surface area contributed by atoms with Crippen molar-refractivity contribution in [2.45, 2.75) is 46.8 Å². The Morgan fingerprint density at radius 1 is 1.26 bits per heavy atom. The van der Waals surface area contributed by atoms with Crippen LogP contribution in [0.15, 0.2) is 36.0 Å². The minimum atomic E-state index is -0.688. The molecule has 0 atom stereocenters. The van der Waals surface area contributed by atoms with Crippen LogP contribution >= 0.6 is 0 Å². The summed E-state index contributed by atoms with van der Waals surface area (Å²) in [5.41, 5.74) is 5.45. The van der Waals surface area contributed by atoms with Crippen LogP contribution in [0, 0.1) is 18.6 Å². The van der Waals surface area contributed by atoms with Crippen LogP contribution in [-0.4, -0.2) is 61.1 Å². The van der Waals surface area contributed by atoms with E-state index in [1.165, 1.54) is 21.5 Å². The molecule has 0 fully saturated rings. The minimum absolute atomic E-state index is 0.0193. The molecule has 4 nitrogen and oxygen atoms in total. The zero-order valence-electron chi connectivity index (χ0n) is 21.8. The SMILES string of the molecule is CCCB(C)c1ccnc(C)c1/C=C(\C)CN1CC=C(c2c(F)cc(C(=O)N(C)C)cc2F)CC1. The number of aromatic nitrogens is 1. The predicted molar refractivity (Wildman–Crippen MR) is 142 cm³/mol. The molecule has 0 saturated heterocycles. The zero-order chi connectivity index (χ0) is 25.7. The van der Waals surface area contributed by atoms with Crippen molar-refractivity contribution >= 4 is 29.7 Å². The quantitative estimate of drug-likeness (QED) is 0.482. The number of benzene rings is 1. The minimum Gasteiger partial charge on any atom is -0.345 e. The van der Waals surface area contributed by atoms with E-state index < -0.39 is 17.5 Å². The summed E-state index contributed by atoms with van der Waals surface area (Å²) in [5, 5.41) is 0. The number of amides is 1. The van der Waals surface area contributed by atoms with Crippen LogP contribution in [0.25, 0.3) is 11.6 Å². The van der Waals surface area contributed by atoms with Gasteiger partial charge in [0.2, 0.25) is 0 Å². The highest BCUT2D eigenvalue weighted by molar-refractivity contribution is 6.72. The molecule has 0 saturated carbocycles. The van der Waals surface area contributed by atoms with E-state index in [0.29, 0.717) is 31.8 Å². The van der Waals surface area contributed by atoms with Crippen LogP contribution < -0.4 is 5.46 Å². The maximum atomic E-state index is 14.8. The van der Waals surface area contributed by atoms with Crippen LogP contribution in [-0.2, 0) is 0 Å². The molecule has 1 aromatic heterocycles. The molecule has 0 unspecified atom stereocenters. The Labute approximate surface area is 208 Å². The van der Waals surface area contributed by atoms with Gasteiger partial charge in [0.15, 0.2) is 6.71 Å². The highest BCUT2D eigenvalue weighted by atomic mass is 19.1. The summed E-state index contributed by atoms with van der Waals surface area (Å²) in [6.45, 7) is 11.2. The molecule has 186 valence electrons. The molecule has 2 aromatic rings. The molecule has 0 N–H and O–H groups in total. The monoisotopic (exact) mass is 479 g/mol. The normalized spacial score (nSPS) is 14.6. The van der Waals surface area contributed by atoms with Crippen molar-refractivity contribution in [3.63, 3.8) is 0 Å². The van der Waals surface area contributed by atoms with Gasteiger partial charge in [0.05, 0.1) is 0 Å². The fraction of sp³-hybridized carbons (Fsp3) is 0.429. The number of hydrogen-bond acceptors (Lipinski definition) is 3. The molecular weight excluding hydrogens is 443 g/mol. The second-order valence-corrected chi connectivity index (χ2v) is 9.81. The molecule has 35 heavy (non-hydrogen) atoms. The molecule has 3 rings (SSSR count). The van der Waals surface area contributed by atoms with Gasteiger partial charge in [-0.05, 0) is 49.6 Å². The van der Waals surface area contributed by atoms with Gasteiger partial charge in [0, 0.05) is 56.7 Å². The summed E-state index contributed by atoms with van der Waals surface area (Å²) in [7, 11) is 3.12. The number of aryl methyl sites for hydroxylation is 1. The molecule has 1 aliphatic heterocycles. The summed E-state index contributed by atoms with van der Waals surface area (Å²) in [6.07, 6.45) is 8.86. The number of hydrogen-bond donors (Lipinski definition) is 0. The summed E-state index contributed by atoms with van der Waals surface area (Å²) in [6, 6.07) is 4.39. The van der Waals surface area contributed by atoms with Crippen molar-refractivity contribution in [1.82, 2.24) is 14.8 Å². The number of rotatable bonds is 8. The van der Waals surface area contributed by atoms with Crippen molar-refractivity contribution in [3.8, 4) is 0 Å². The molecule has 2 heterocycles. The van der Waals surface area contributed by atoms with Crippen LogP contribution in [0.5, 0.6) is 0 Å². The van der Waals surface area contributed by atoms with Crippen molar-refractivity contribution in [3.05, 3.63) is 70.1 Å². The third-order valence-corrected chi connectivity index (χ3v) is 6.65. The van der Waals surface area contributed by atoms with Crippen molar-refractivity contribution in [1.29, 1.82) is 0 Å². The highest BCUT2D eigenvalue weighted by Gasteiger charge is 2.22. The molecule has 1 aromatic carbocycles. The number of carbonyl (C=O) groups excluding carboxylic acids is 1. The first-order valence-corrected chi connectivity index (χ1v) is 12.4. The first kappa shape index (κ1) is 26.8. The van der Waals surface area contributed by atoms with Crippen LogP contribution in [0.2, 0.25) is 13.1 Å². The van der Waals surface area contributed by atoms with Gasteiger partial charge in [-0.3, -0.25) is 14.7 Å². The van der Waals surface area contributed by atoms with E-state index in [1.54, 1.807) is 14.1 Å².